The Balaban J connectivity index is 2.00. The zero-order valence-electron chi connectivity index (χ0n) is 19.8. The molecule has 1 amide bonds. The van der Waals surface area contributed by atoms with Crippen LogP contribution in [0.25, 0.3) is 5.76 Å². The summed E-state index contributed by atoms with van der Waals surface area (Å²) in [5.41, 5.74) is 2.72. The predicted octanol–water partition coefficient (Wildman–Crippen LogP) is -0.327. The molecule has 0 aliphatic heterocycles. The van der Waals surface area contributed by atoms with E-state index in [1.807, 2.05) is 6.07 Å². The summed E-state index contributed by atoms with van der Waals surface area (Å²) in [5, 5.41) is 54.1. The average Bonchev–Trinajstić information content (AvgIpc) is 2.75. The summed E-state index contributed by atoms with van der Waals surface area (Å²) < 4.78 is 0. The van der Waals surface area contributed by atoms with Crippen LogP contribution in [0.15, 0.2) is 23.0 Å². The first-order valence-electron chi connectivity index (χ1n) is 11.0. The number of carbonyl (C=O) groups is 2. The molecule has 0 saturated heterocycles. The van der Waals surface area contributed by atoms with Gasteiger partial charge in [0.25, 0.3) is 0 Å². The summed E-state index contributed by atoms with van der Waals surface area (Å²) in [6, 6.07) is 2.44. The number of nitrogens with two attached hydrogens (primary N) is 1. The molecule has 3 aliphatic rings. The Kier molecular flexibility index (Phi) is 5.58. The van der Waals surface area contributed by atoms with Gasteiger partial charge in [0.2, 0.25) is 0 Å². The van der Waals surface area contributed by atoms with Crippen molar-refractivity contribution in [1.82, 2.24) is 4.90 Å². The number of rotatable bonds is 3. The number of primary amides is 1. The van der Waals surface area contributed by atoms with Gasteiger partial charge in [0.1, 0.15) is 0 Å². The molecule has 35 heavy (non-hydrogen) atoms. The summed E-state index contributed by atoms with van der Waals surface area (Å²) in [6.07, 6.45) is 0.335. The van der Waals surface area contributed by atoms with Gasteiger partial charge in [0, 0.05) is 0 Å². The predicted molar refractivity (Wildman–Crippen MR) is 129 cm³/mol. The number of benzene rings is 1. The molecule has 1 unspecified atom stereocenters. The second kappa shape index (κ2) is 7.97. The molecule has 11 heteroatoms. The first kappa shape index (κ1) is 24.5. The number of amides is 1. The number of anilines is 1. The van der Waals surface area contributed by atoms with E-state index in [1.54, 1.807) is 38.0 Å². The Morgan fingerprint density at radius 1 is 1.26 bits per heavy atom. The van der Waals surface area contributed by atoms with E-state index in [0.717, 1.165) is 0 Å². The first-order valence-corrected chi connectivity index (χ1v) is 11.0. The molecule has 10 nitrogen and oxygen atoms in total. The van der Waals surface area contributed by atoms with Gasteiger partial charge in [-0.2, -0.15) is 0 Å². The van der Waals surface area contributed by atoms with Gasteiger partial charge in [-0.15, -0.1) is 0 Å². The van der Waals surface area contributed by atoms with Crippen molar-refractivity contribution in [2.24, 2.45) is 17.6 Å². The number of phenolic OH excluding ortho intramolecular Hbond substituents is 1. The van der Waals surface area contributed by atoms with Crippen molar-refractivity contribution in [3.05, 3.63) is 39.7 Å². The van der Waals surface area contributed by atoms with Crippen molar-refractivity contribution >= 4 is 36.1 Å². The zero-order chi connectivity index (χ0) is 26.1. The fourth-order valence-corrected chi connectivity index (χ4v) is 5.88. The summed E-state index contributed by atoms with van der Waals surface area (Å²) in [6.45, 7) is 0. The van der Waals surface area contributed by atoms with Gasteiger partial charge in [-0.3, -0.25) is 0 Å². The van der Waals surface area contributed by atoms with Crippen LogP contribution >= 0.6 is 0 Å². The number of aromatic hydroxyl groups is 1. The molecule has 4 rings (SSSR count). The number of likely N-dealkylation sites (N-methyl/N-ethyl adjacent to an activating group) is 1. The first-order chi connectivity index (χ1) is 16.3. The number of nitriles is 1. The van der Waals surface area contributed by atoms with Crippen molar-refractivity contribution in [2.75, 3.05) is 33.1 Å². The SMILES string of the molecule is [B]=C1C(C(N)=O)=C(O)[C@H](N(C)C)[C@@H]2C[C@@H]3Cc4c(N(C)C)cc(C#N)c(O)c4C(O)=C3C(=O)C12O. The maximum atomic E-state index is 13.9. The summed E-state index contributed by atoms with van der Waals surface area (Å²) in [5.74, 6) is -5.05. The van der Waals surface area contributed by atoms with E-state index >= 15 is 0 Å². The molecule has 1 fully saturated rings. The molecule has 1 saturated carbocycles. The van der Waals surface area contributed by atoms with Crippen molar-refractivity contribution in [3.63, 3.8) is 0 Å². The van der Waals surface area contributed by atoms with E-state index < -0.39 is 63.5 Å². The number of aliphatic hydroxyl groups excluding tert-OH is 2. The number of ketones is 1. The summed E-state index contributed by atoms with van der Waals surface area (Å²) >= 11 is 0. The summed E-state index contributed by atoms with van der Waals surface area (Å²) in [7, 11) is 12.9. The Morgan fingerprint density at radius 3 is 2.40 bits per heavy atom. The van der Waals surface area contributed by atoms with Crippen LogP contribution in [0.3, 0.4) is 0 Å². The van der Waals surface area contributed by atoms with Crippen LogP contribution in [0.4, 0.5) is 5.69 Å². The summed E-state index contributed by atoms with van der Waals surface area (Å²) in [4.78, 5) is 29.3. The Hall–Kier alpha value is -3.62. The Labute approximate surface area is 203 Å². The minimum atomic E-state index is -2.43. The van der Waals surface area contributed by atoms with Crippen LogP contribution in [0.5, 0.6) is 5.75 Å². The molecular formula is C24H26BN4O6. The second-order valence-corrected chi connectivity index (χ2v) is 9.70. The number of fused-ring (bicyclic) bond motifs is 3. The number of aliphatic hydroxyl groups is 3. The molecule has 1 radical (unpaired) electrons. The van der Waals surface area contributed by atoms with E-state index in [9.17, 15) is 35.3 Å². The van der Waals surface area contributed by atoms with Crippen molar-refractivity contribution in [1.29, 1.82) is 5.26 Å². The quantitative estimate of drug-likeness (QED) is 0.366. The number of hydrogen-bond donors (Lipinski definition) is 5. The second-order valence-electron chi connectivity index (χ2n) is 9.70. The van der Waals surface area contributed by atoms with Gasteiger partial charge in [0.15, 0.2) is 0 Å². The van der Waals surface area contributed by atoms with Crippen LogP contribution < -0.4 is 10.6 Å². The molecule has 3 aliphatic carbocycles. The van der Waals surface area contributed by atoms with Gasteiger partial charge < -0.3 is 0 Å². The molecule has 4 atom stereocenters. The van der Waals surface area contributed by atoms with E-state index in [2.05, 4.69) is 0 Å². The molecule has 0 bridgehead atoms. The number of nitrogens with zero attached hydrogens (tertiary/aromatic N) is 3. The third-order valence-electron chi connectivity index (χ3n) is 7.40. The molecule has 1 aromatic carbocycles. The molecule has 6 N–H and O–H groups in total. The maximum absolute atomic E-state index is 13.9. The van der Waals surface area contributed by atoms with Gasteiger partial charge in [-0.25, -0.2) is 0 Å². The fraction of sp³-hybridized carbons (Fsp3) is 0.417. The van der Waals surface area contributed by atoms with Gasteiger partial charge in [-0.1, -0.05) is 0 Å². The third kappa shape index (κ3) is 3.13. The van der Waals surface area contributed by atoms with Crippen LogP contribution in [-0.2, 0) is 16.0 Å². The van der Waals surface area contributed by atoms with Crippen molar-refractivity contribution < 1.29 is 30.0 Å². The Morgan fingerprint density at radius 2 is 1.89 bits per heavy atom. The van der Waals surface area contributed by atoms with E-state index in [-0.39, 0.29) is 29.5 Å². The van der Waals surface area contributed by atoms with Crippen LogP contribution in [0.2, 0.25) is 0 Å². The Bertz CT molecular complexity index is 1310. The number of phenols is 1. The van der Waals surface area contributed by atoms with E-state index in [4.69, 9.17) is 13.2 Å². The number of Topliss-reactive ketones (excluding diaryl/α,β-unsaturated/α-hetero) is 1. The van der Waals surface area contributed by atoms with Crippen molar-refractivity contribution in [3.8, 4) is 11.8 Å². The van der Waals surface area contributed by atoms with Gasteiger partial charge in [0.05, 0.1) is 0 Å². The molecule has 0 aromatic heterocycles. The normalized spacial score (nSPS) is 27.8. The van der Waals surface area contributed by atoms with Gasteiger partial charge in [-0.05, 0) is 0 Å². The molecule has 1 aromatic rings. The number of hydrogen-bond acceptors (Lipinski definition) is 9. The molecule has 0 spiro atoms. The monoisotopic (exact) mass is 477 g/mol. The van der Waals surface area contributed by atoms with Crippen LogP contribution in [-0.4, -0.2) is 89.8 Å². The topological polar surface area (TPSA) is 171 Å². The standard InChI is InChI=1S/C24H26BN4O6/c1-28(2)13-7-10(8-26)18(30)15-11(13)5-9-6-12-17(29(3)4)20(32)16(23(27)34)21(25)24(12,35)22(33)14(9)19(15)31/h7,9,12,17,30-32,35H,5-6H2,1-4H3,(H2,27,34)/t9-,12-,17+,24?/m0/s1. The van der Waals surface area contributed by atoms with Crippen LogP contribution in [0.1, 0.15) is 23.1 Å². The number of carbonyl (C=O) groups excluding carboxylic acids is 2. The van der Waals surface area contributed by atoms with Gasteiger partial charge >= 0.3 is 203 Å². The van der Waals surface area contributed by atoms with Crippen LogP contribution in [0, 0.1) is 23.2 Å². The van der Waals surface area contributed by atoms with E-state index in [1.165, 1.54) is 6.07 Å². The molecular weight excluding hydrogens is 451 g/mol. The van der Waals surface area contributed by atoms with Crippen molar-refractivity contribution in [2.45, 2.75) is 24.5 Å². The molecule has 181 valence electrons. The fourth-order valence-electron chi connectivity index (χ4n) is 5.88. The molecule has 0 heterocycles. The zero-order valence-corrected chi connectivity index (χ0v) is 19.8. The minimum absolute atomic E-state index is 0.0542. The average molecular weight is 477 g/mol. The van der Waals surface area contributed by atoms with E-state index in [0.29, 0.717) is 11.3 Å². The third-order valence-corrected chi connectivity index (χ3v) is 7.40.